The molecule has 0 atom stereocenters. The number of aromatic hydroxyl groups is 1. The van der Waals surface area contributed by atoms with Gasteiger partial charge in [-0.1, -0.05) is 11.6 Å². The molecule has 0 saturated carbocycles. The maximum Gasteiger partial charge on any atom is 0.201 e. The largest absolute Gasteiger partial charge is 0.506 e. The first-order chi connectivity index (χ1) is 8.65. The van der Waals surface area contributed by atoms with Crippen LogP contribution in [0.1, 0.15) is 0 Å². The van der Waals surface area contributed by atoms with Gasteiger partial charge in [0.15, 0.2) is 0 Å². The van der Waals surface area contributed by atoms with E-state index >= 15 is 0 Å². The monoisotopic (exact) mass is 264 g/mol. The fourth-order valence-corrected chi connectivity index (χ4v) is 1.81. The zero-order valence-electron chi connectivity index (χ0n) is 8.85. The molecular weight excluding hydrogens is 259 g/mol. The zero-order valence-corrected chi connectivity index (χ0v) is 9.61. The highest BCUT2D eigenvalue weighted by molar-refractivity contribution is 6.32. The number of rotatable bonds is 1. The number of aromatic nitrogens is 4. The van der Waals surface area contributed by atoms with Gasteiger partial charge in [-0.3, -0.25) is 0 Å². The number of pyridine rings is 1. The fourth-order valence-electron chi connectivity index (χ4n) is 1.65. The van der Waals surface area contributed by atoms with Crippen molar-refractivity contribution < 1.29 is 9.50 Å². The molecular formula is C11H6ClFN4O. The smallest absolute Gasteiger partial charge is 0.201 e. The van der Waals surface area contributed by atoms with E-state index in [9.17, 15) is 9.50 Å². The highest BCUT2D eigenvalue weighted by Gasteiger charge is 2.11. The van der Waals surface area contributed by atoms with Gasteiger partial charge in [0.25, 0.3) is 0 Å². The van der Waals surface area contributed by atoms with E-state index in [2.05, 4.69) is 20.4 Å². The van der Waals surface area contributed by atoms with Gasteiger partial charge >= 0.3 is 0 Å². The predicted molar refractivity (Wildman–Crippen MR) is 63.8 cm³/mol. The quantitative estimate of drug-likeness (QED) is 0.708. The van der Waals surface area contributed by atoms with Crippen LogP contribution in [0.3, 0.4) is 0 Å². The summed E-state index contributed by atoms with van der Waals surface area (Å²) < 4.78 is 13.8. The molecule has 0 aliphatic rings. The number of phenols is 1. The number of nitrogens with zero attached hydrogens (tertiary/aromatic N) is 3. The molecule has 0 unspecified atom stereocenters. The average molecular weight is 265 g/mol. The van der Waals surface area contributed by atoms with Gasteiger partial charge in [0.05, 0.1) is 5.02 Å². The minimum Gasteiger partial charge on any atom is -0.506 e. The number of halogens is 2. The summed E-state index contributed by atoms with van der Waals surface area (Å²) in [6, 6.07) is 3.94. The van der Waals surface area contributed by atoms with Gasteiger partial charge in [0, 0.05) is 23.4 Å². The van der Waals surface area contributed by atoms with Gasteiger partial charge in [-0.15, -0.1) is 5.10 Å². The first-order valence-electron chi connectivity index (χ1n) is 5.00. The molecule has 3 aromatic rings. The summed E-state index contributed by atoms with van der Waals surface area (Å²) in [5, 5.41) is 19.5. The van der Waals surface area contributed by atoms with Crippen molar-refractivity contribution in [2.45, 2.75) is 0 Å². The van der Waals surface area contributed by atoms with Crippen LogP contribution in [0.4, 0.5) is 4.39 Å². The van der Waals surface area contributed by atoms with Crippen LogP contribution in [-0.2, 0) is 0 Å². The van der Waals surface area contributed by atoms with Gasteiger partial charge < -0.3 is 5.11 Å². The minimum atomic E-state index is -0.582. The topological polar surface area (TPSA) is 74.7 Å². The number of phenolic OH excluding ortho intramolecular Hbond substituents is 1. The molecule has 2 N–H and O–H groups in total. The summed E-state index contributed by atoms with van der Waals surface area (Å²) in [6.45, 7) is 0. The van der Waals surface area contributed by atoms with E-state index in [-0.39, 0.29) is 16.3 Å². The maximum atomic E-state index is 13.8. The third-order valence-electron chi connectivity index (χ3n) is 2.52. The van der Waals surface area contributed by atoms with E-state index in [1.807, 2.05) is 0 Å². The van der Waals surface area contributed by atoms with E-state index in [0.717, 1.165) is 6.07 Å². The van der Waals surface area contributed by atoms with Crippen molar-refractivity contribution in [1.29, 1.82) is 0 Å². The minimum absolute atomic E-state index is 0.0756. The lowest BCUT2D eigenvalue weighted by Gasteiger charge is -2.05. The molecule has 0 amide bonds. The molecule has 2 heterocycles. The Bertz CT molecular complexity index is 743. The van der Waals surface area contributed by atoms with Crippen LogP contribution < -0.4 is 0 Å². The number of benzene rings is 1. The number of hydrogen-bond donors (Lipinski definition) is 2. The molecule has 5 nitrogen and oxygen atoms in total. The molecule has 0 saturated heterocycles. The van der Waals surface area contributed by atoms with E-state index in [1.54, 1.807) is 6.07 Å². The molecule has 0 aliphatic heterocycles. The van der Waals surface area contributed by atoms with Crippen LogP contribution in [0, 0.1) is 5.82 Å². The fraction of sp³-hybridized carbons (Fsp3) is 0. The van der Waals surface area contributed by atoms with E-state index < -0.39 is 5.82 Å². The molecule has 0 radical (unpaired) electrons. The number of H-pyrrole nitrogens is 1. The Morgan fingerprint density at radius 2 is 2.06 bits per heavy atom. The third kappa shape index (κ3) is 1.67. The highest BCUT2D eigenvalue weighted by Crippen LogP contribution is 2.32. The normalized spacial score (nSPS) is 11.0. The van der Waals surface area contributed by atoms with Crippen molar-refractivity contribution in [2.24, 2.45) is 0 Å². The highest BCUT2D eigenvalue weighted by atomic mass is 35.5. The Balaban J connectivity index is 2.21. The molecule has 0 spiro atoms. The Hall–Kier alpha value is -2.21. The summed E-state index contributed by atoms with van der Waals surface area (Å²) in [4.78, 5) is 4.03. The van der Waals surface area contributed by atoms with E-state index in [1.165, 1.54) is 12.3 Å². The van der Waals surface area contributed by atoms with Crippen molar-refractivity contribution in [3.05, 3.63) is 35.2 Å². The summed E-state index contributed by atoms with van der Waals surface area (Å²) >= 11 is 5.76. The standard InChI is InChI=1S/C11H6ClFN4O/c12-7-2-6(8(13)3-10(7)18)5-1-9-11(14-4-5)16-17-15-9/h1-4,18H,(H,14,15,16,17). The van der Waals surface area contributed by atoms with Gasteiger partial charge in [-0.2, -0.15) is 10.3 Å². The van der Waals surface area contributed by atoms with Crippen molar-refractivity contribution in [3.63, 3.8) is 0 Å². The summed E-state index contributed by atoms with van der Waals surface area (Å²) in [7, 11) is 0. The van der Waals surface area contributed by atoms with Crippen molar-refractivity contribution in [2.75, 3.05) is 0 Å². The predicted octanol–water partition coefficient (Wildman–Crippen LogP) is 2.52. The Morgan fingerprint density at radius 1 is 1.22 bits per heavy atom. The van der Waals surface area contributed by atoms with Gasteiger partial charge in [-0.25, -0.2) is 9.37 Å². The first kappa shape index (κ1) is 10.9. The molecule has 7 heteroatoms. The van der Waals surface area contributed by atoms with Crippen molar-refractivity contribution >= 4 is 22.8 Å². The van der Waals surface area contributed by atoms with Crippen LogP contribution in [0.25, 0.3) is 22.3 Å². The number of nitrogens with one attached hydrogen (secondary N) is 1. The van der Waals surface area contributed by atoms with E-state index in [4.69, 9.17) is 11.6 Å². The molecule has 3 rings (SSSR count). The lowest BCUT2D eigenvalue weighted by atomic mass is 10.1. The number of hydrogen-bond acceptors (Lipinski definition) is 4. The Morgan fingerprint density at radius 3 is 2.89 bits per heavy atom. The maximum absolute atomic E-state index is 13.8. The van der Waals surface area contributed by atoms with Gasteiger partial charge in [-0.05, 0) is 12.1 Å². The van der Waals surface area contributed by atoms with Crippen LogP contribution in [0.2, 0.25) is 5.02 Å². The summed E-state index contributed by atoms with van der Waals surface area (Å²) in [6.07, 6.45) is 1.47. The SMILES string of the molecule is Oc1cc(F)c(-c2cnc3n[nH]nc3c2)cc1Cl. The van der Waals surface area contributed by atoms with Crippen LogP contribution in [-0.4, -0.2) is 25.5 Å². The number of fused-ring (bicyclic) bond motifs is 1. The Labute approximate surface area is 105 Å². The molecule has 0 bridgehead atoms. The lowest BCUT2D eigenvalue weighted by molar-refractivity contribution is 0.469. The second kappa shape index (κ2) is 3.92. The molecule has 18 heavy (non-hydrogen) atoms. The van der Waals surface area contributed by atoms with Gasteiger partial charge in [0.2, 0.25) is 5.65 Å². The molecule has 1 aromatic carbocycles. The third-order valence-corrected chi connectivity index (χ3v) is 2.82. The van der Waals surface area contributed by atoms with Gasteiger partial charge in [0.1, 0.15) is 17.1 Å². The summed E-state index contributed by atoms with van der Waals surface area (Å²) in [5.74, 6) is -0.880. The second-order valence-electron chi connectivity index (χ2n) is 3.67. The number of aromatic amines is 1. The molecule has 0 fully saturated rings. The van der Waals surface area contributed by atoms with Crippen LogP contribution >= 0.6 is 11.6 Å². The van der Waals surface area contributed by atoms with Crippen molar-refractivity contribution in [1.82, 2.24) is 20.4 Å². The zero-order chi connectivity index (χ0) is 12.7. The molecule has 0 aliphatic carbocycles. The second-order valence-corrected chi connectivity index (χ2v) is 4.08. The summed E-state index contributed by atoms with van der Waals surface area (Å²) in [5.41, 5.74) is 1.73. The lowest BCUT2D eigenvalue weighted by Crippen LogP contribution is -1.87. The Kier molecular flexibility index (Phi) is 2.38. The van der Waals surface area contributed by atoms with E-state index in [0.29, 0.717) is 16.7 Å². The van der Waals surface area contributed by atoms with Crippen LogP contribution in [0.15, 0.2) is 24.4 Å². The molecule has 2 aromatic heterocycles. The average Bonchev–Trinajstić information content (AvgIpc) is 2.80. The molecule has 90 valence electrons. The van der Waals surface area contributed by atoms with Crippen LogP contribution in [0.5, 0.6) is 5.75 Å². The van der Waals surface area contributed by atoms with Crippen molar-refractivity contribution in [3.8, 4) is 16.9 Å². The first-order valence-corrected chi connectivity index (χ1v) is 5.38.